The molecule has 148 valence electrons. The fourth-order valence-corrected chi connectivity index (χ4v) is 2.74. The van der Waals surface area contributed by atoms with E-state index in [1.807, 2.05) is 22.8 Å². The number of benzene rings is 1. The summed E-state index contributed by atoms with van der Waals surface area (Å²) < 4.78 is 35.9. The number of aliphatic carboxylic acids is 1. The van der Waals surface area contributed by atoms with Crippen molar-refractivity contribution in [2.75, 3.05) is 0 Å². The number of pyridine rings is 1. The Morgan fingerprint density at radius 3 is 1.67 bits per heavy atom. The van der Waals surface area contributed by atoms with Gasteiger partial charge in [-0.1, -0.05) is 58.0 Å². The lowest BCUT2D eigenvalue weighted by Gasteiger charge is -2.17. The molecular weight excluding hydrogens is 374 g/mol. The summed E-state index contributed by atoms with van der Waals surface area (Å²) in [4.78, 5) is 11.3. The van der Waals surface area contributed by atoms with E-state index in [1.54, 1.807) is 0 Å². The number of aromatic nitrogens is 1. The number of carboxylic acids is 1. The highest BCUT2D eigenvalue weighted by Crippen LogP contribution is 2.25. The number of carbonyl (C=O) groups is 1. The van der Waals surface area contributed by atoms with E-state index in [1.165, 1.54) is 0 Å². The van der Waals surface area contributed by atoms with Crippen molar-refractivity contribution in [2.24, 2.45) is 0 Å². The molecule has 8 heteroatoms. The van der Waals surface area contributed by atoms with Crippen LogP contribution in [0.15, 0.2) is 42.5 Å². The fraction of sp³-hybridized carbons (Fsp3) is 0.368. The topological polar surface area (TPSA) is 133 Å². The zero-order valence-corrected chi connectivity index (χ0v) is 16.5. The largest absolute Gasteiger partial charge is 0.477 e. The minimum absolute atomic E-state index is 0.0100. The quantitative estimate of drug-likeness (QED) is 0.657. The van der Waals surface area contributed by atoms with Crippen molar-refractivity contribution in [1.29, 1.82) is 0 Å². The summed E-state index contributed by atoms with van der Waals surface area (Å²) >= 11 is 0. The molecule has 27 heavy (non-hydrogen) atoms. The number of nitrogens with zero attached hydrogens (tertiary/aromatic N) is 1. The molecule has 0 aliphatic carbocycles. The van der Waals surface area contributed by atoms with Crippen LogP contribution in [-0.2, 0) is 11.3 Å². The van der Waals surface area contributed by atoms with Crippen LogP contribution in [0, 0.1) is 10.2 Å². The molecule has 1 N–H and O–H groups in total. The van der Waals surface area contributed by atoms with E-state index >= 15 is 0 Å². The van der Waals surface area contributed by atoms with Crippen molar-refractivity contribution in [3.05, 3.63) is 53.9 Å². The molecule has 0 unspecified atom stereocenters. The number of carboxylic acid groups (broad SMARTS) is 1. The van der Waals surface area contributed by atoms with Gasteiger partial charge in [0.2, 0.25) is 6.54 Å². The lowest BCUT2D eigenvalue weighted by Crippen LogP contribution is -2.68. The molecule has 0 radical (unpaired) electrons. The highest BCUT2D eigenvalue weighted by molar-refractivity contribution is 5.66. The average Bonchev–Trinajstić information content (AvgIpc) is 2.53. The molecule has 0 saturated carbocycles. The lowest BCUT2D eigenvalue weighted by molar-refractivity contribution is -2.00. The van der Waals surface area contributed by atoms with Crippen LogP contribution in [-0.4, -0.2) is 11.1 Å². The summed E-state index contributed by atoms with van der Waals surface area (Å²) in [5, 5.41) is 9.24. The Bertz CT molecular complexity index is 722. The molecule has 0 aliphatic heterocycles. The monoisotopic (exact) mass is 397 g/mol. The Morgan fingerprint density at radius 1 is 0.926 bits per heavy atom. The fourth-order valence-electron chi connectivity index (χ4n) is 2.74. The van der Waals surface area contributed by atoms with E-state index in [9.17, 15) is 9.90 Å². The predicted octanol–water partition coefficient (Wildman–Crippen LogP) is -0.783. The van der Waals surface area contributed by atoms with E-state index in [0.717, 1.165) is 22.5 Å². The molecule has 2 aromatic rings. The van der Waals surface area contributed by atoms with E-state index < -0.39 is 16.2 Å². The van der Waals surface area contributed by atoms with Crippen LogP contribution in [0.25, 0.3) is 11.1 Å². The van der Waals surface area contributed by atoms with Crippen LogP contribution in [0.1, 0.15) is 50.9 Å². The molecule has 0 spiro atoms. The van der Waals surface area contributed by atoms with Gasteiger partial charge in [-0.15, -0.1) is 10.2 Å². The molecule has 0 atom stereocenters. The Balaban J connectivity index is 0.000000646. The first-order chi connectivity index (χ1) is 12.4. The average molecular weight is 398 g/mol. The maximum Gasteiger partial charge on any atom is 0.370 e. The van der Waals surface area contributed by atoms with E-state index in [0.29, 0.717) is 0 Å². The van der Waals surface area contributed by atoms with Crippen LogP contribution in [0.3, 0.4) is 0 Å². The highest BCUT2D eigenvalue weighted by Gasteiger charge is 2.25. The maximum atomic E-state index is 11.3. The molecular formula is C19H24ClNO6. The molecule has 0 saturated heterocycles. The number of rotatable bonds is 5. The summed E-state index contributed by atoms with van der Waals surface area (Å²) in [5.74, 6) is -0.276. The Kier molecular flexibility index (Phi) is 8.33. The second kappa shape index (κ2) is 9.77. The van der Waals surface area contributed by atoms with E-state index in [-0.39, 0.29) is 18.4 Å². The van der Waals surface area contributed by atoms with Crippen molar-refractivity contribution >= 4 is 5.97 Å². The van der Waals surface area contributed by atoms with Crippen LogP contribution in [0.4, 0.5) is 0 Å². The van der Waals surface area contributed by atoms with Gasteiger partial charge < -0.3 is 5.11 Å². The molecule has 1 aromatic heterocycles. The minimum Gasteiger partial charge on any atom is -0.477 e. The predicted molar refractivity (Wildman–Crippen MR) is 87.9 cm³/mol. The number of hydrogen-bond acceptors (Lipinski definition) is 5. The van der Waals surface area contributed by atoms with Gasteiger partial charge in [-0.25, -0.2) is 23.4 Å². The normalized spacial score (nSPS) is 11.3. The molecule has 1 aromatic carbocycles. The van der Waals surface area contributed by atoms with Gasteiger partial charge in [-0.05, 0) is 11.1 Å². The third-order valence-corrected chi connectivity index (χ3v) is 3.81. The summed E-state index contributed by atoms with van der Waals surface area (Å²) in [5.41, 5.74) is 4.43. The van der Waals surface area contributed by atoms with Gasteiger partial charge in [-0.3, -0.25) is 0 Å². The van der Waals surface area contributed by atoms with E-state index in [2.05, 4.69) is 52.0 Å². The highest BCUT2D eigenvalue weighted by atomic mass is 35.7. The van der Waals surface area contributed by atoms with Crippen LogP contribution in [0.2, 0.25) is 0 Å². The standard InChI is InChI=1S/C19H23NO2.ClHO4/c1-13(2)17-10-16(15-8-6-5-7-9-15)11-18(14(3)4)20(17)12-19(21)22;2-1(3,4)5/h5-11,13-14H,12H2,1-4H3;(H,2,3,4,5). The molecule has 2 rings (SSSR count). The lowest BCUT2D eigenvalue weighted by atomic mass is 9.97. The summed E-state index contributed by atoms with van der Waals surface area (Å²) in [6.07, 6.45) is 0. The Morgan fingerprint density at radius 2 is 1.33 bits per heavy atom. The SMILES string of the molecule is CC(C)c1cc(-c2ccccc2)cc(C(C)C)[n+]1CC(=O)O.[O-][Cl+3]([O-])([O-])[O-]. The summed E-state index contributed by atoms with van der Waals surface area (Å²) in [7, 11) is -4.94. The van der Waals surface area contributed by atoms with Gasteiger partial charge >= 0.3 is 5.97 Å². The van der Waals surface area contributed by atoms with Crippen molar-refractivity contribution in [3.8, 4) is 11.1 Å². The number of hydrogen-bond donors (Lipinski definition) is 1. The molecule has 0 amide bonds. The third kappa shape index (κ3) is 8.03. The molecule has 7 nitrogen and oxygen atoms in total. The number of halogens is 1. The second-order valence-electron chi connectivity index (χ2n) is 6.63. The van der Waals surface area contributed by atoms with Gasteiger partial charge in [0.15, 0.2) is 11.4 Å². The first-order valence-electron chi connectivity index (χ1n) is 8.36. The molecule has 1 heterocycles. The Hall–Kier alpha value is -2.03. The minimum atomic E-state index is -4.94. The summed E-state index contributed by atoms with van der Waals surface area (Å²) in [6.45, 7) is 8.42. The molecule has 0 bridgehead atoms. The third-order valence-electron chi connectivity index (χ3n) is 3.81. The zero-order valence-electron chi connectivity index (χ0n) is 15.7. The molecule has 0 aliphatic rings. The Labute approximate surface area is 160 Å². The van der Waals surface area contributed by atoms with Crippen molar-refractivity contribution in [1.82, 2.24) is 0 Å². The molecule has 0 fully saturated rings. The smallest absolute Gasteiger partial charge is 0.370 e. The van der Waals surface area contributed by atoms with Gasteiger partial charge in [0.05, 0.1) is 0 Å². The van der Waals surface area contributed by atoms with E-state index in [4.69, 9.17) is 18.6 Å². The van der Waals surface area contributed by atoms with Crippen molar-refractivity contribution in [3.63, 3.8) is 0 Å². The zero-order chi connectivity index (χ0) is 20.8. The first kappa shape index (κ1) is 23.0. The van der Waals surface area contributed by atoms with Crippen LogP contribution < -0.4 is 23.2 Å². The van der Waals surface area contributed by atoms with Gasteiger partial charge in [-0.2, -0.15) is 4.57 Å². The van der Waals surface area contributed by atoms with Crippen LogP contribution in [0.5, 0.6) is 0 Å². The van der Waals surface area contributed by atoms with Crippen molar-refractivity contribution in [2.45, 2.75) is 46.1 Å². The second-order valence-corrected chi connectivity index (χ2v) is 7.38. The van der Waals surface area contributed by atoms with Gasteiger partial charge in [0.25, 0.3) is 0 Å². The van der Waals surface area contributed by atoms with Gasteiger partial charge in [0.1, 0.15) is 0 Å². The maximum absolute atomic E-state index is 11.3. The van der Waals surface area contributed by atoms with Gasteiger partial charge in [0, 0.05) is 24.0 Å². The van der Waals surface area contributed by atoms with Crippen LogP contribution >= 0.6 is 0 Å². The summed E-state index contributed by atoms with van der Waals surface area (Å²) in [6, 6.07) is 14.5. The first-order valence-corrected chi connectivity index (χ1v) is 9.60. The van der Waals surface area contributed by atoms with Crippen molar-refractivity contribution < 1.29 is 43.3 Å².